The zero-order valence-corrected chi connectivity index (χ0v) is 20.6. The van der Waals surface area contributed by atoms with Gasteiger partial charge in [-0.2, -0.15) is 0 Å². The Balaban J connectivity index is 1.48. The molecule has 0 unspecified atom stereocenters. The number of aliphatic hydroxyl groups is 1. The number of pyridine rings is 1. The number of aliphatic hydroxyl groups excluding tert-OH is 1. The minimum atomic E-state index is -1.13. The van der Waals surface area contributed by atoms with Gasteiger partial charge in [0, 0.05) is 30.3 Å². The van der Waals surface area contributed by atoms with Gasteiger partial charge >= 0.3 is 0 Å². The van der Waals surface area contributed by atoms with E-state index in [1.807, 2.05) is 18.2 Å². The number of para-hydroxylation sites is 1. The summed E-state index contributed by atoms with van der Waals surface area (Å²) in [7, 11) is 1.75. The number of hydrogen-bond acceptors (Lipinski definition) is 6. The van der Waals surface area contributed by atoms with Gasteiger partial charge in [0.25, 0.3) is 5.91 Å². The first-order chi connectivity index (χ1) is 16.7. The highest BCUT2D eigenvalue weighted by atomic mass is 16.3. The fourth-order valence-electron chi connectivity index (χ4n) is 4.05. The van der Waals surface area contributed by atoms with Crippen molar-refractivity contribution < 1.29 is 19.1 Å². The van der Waals surface area contributed by atoms with E-state index in [4.69, 9.17) is 4.42 Å². The average Bonchev–Trinajstić information content (AvgIpc) is 3.18. The summed E-state index contributed by atoms with van der Waals surface area (Å²) in [5.74, 6) is 1.26. The van der Waals surface area contributed by atoms with Crippen molar-refractivity contribution in [2.24, 2.45) is 5.92 Å². The van der Waals surface area contributed by atoms with Crippen molar-refractivity contribution in [2.75, 3.05) is 24.3 Å². The molecule has 1 aliphatic heterocycles. The van der Waals surface area contributed by atoms with Crippen LogP contribution in [-0.4, -0.2) is 46.0 Å². The highest BCUT2D eigenvalue weighted by molar-refractivity contribution is 6.05. The van der Waals surface area contributed by atoms with Gasteiger partial charge in [-0.05, 0) is 49.5 Å². The number of nitrogens with zero attached hydrogens (tertiary/aromatic N) is 2. The van der Waals surface area contributed by atoms with E-state index < -0.39 is 5.54 Å². The first kappa shape index (κ1) is 24.5. The number of aryl methyl sites for hydroxylation is 1. The summed E-state index contributed by atoms with van der Waals surface area (Å²) in [5.41, 5.74) is 2.15. The molecule has 1 aromatic carbocycles. The van der Waals surface area contributed by atoms with E-state index >= 15 is 0 Å². The predicted molar refractivity (Wildman–Crippen MR) is 137 cm³/mol. The van der Waals surface area contributed by atoms with E-state index in [1.165, 1.54) is 6.08 Å². The third kappa shape index (κ3) is 5.22. The maximum absolute atomic E-state index is 12.9. The third-order valence-electron chi connectivity index (χ3n) is 6.30. The van der Waals surface area contributed by atoms with E-state index in [9.17, 15) is 14.7 Å². The molecule has 1 aliphatic rings. The summed E-state index contributed by atoms with van der Waals surface area (Å²) >= 11 is 0. The van der Waals surface area contributed by atoms with E-state index in [0.29, 0.717) is 29.5 Å². The number of amides is 2. The van der Waals surface area contributed by atoms with Gasteiger partial charge in [-0.1, -0.05) is 32.0 Å². The van der Waals surface area contributed by atoms with Crippen molar-refractivity contribution in [3.63, 3.8) is 0 Å². The van der Waals surface area contributed by atoms with Crippen molar-refractivity contribution in [1.29, 1.82) is 0 Å². The van der Waals surface area contributed by atoms with E-state index in [2.05, 4.69) is 35.5 Å². The smallest absolute Gasteiger partial charge is 0.253 e. The van der Waals surface area contributed by atoms with Crippen LogP contribution in [0.25, 0.3) is 17.0 Å². The second-order valence-corrected chi connectivity index (χ2v) is 9.69. The lowest BCUT2D eigenvalue weighted by atomic mass is 9.99. The summed E-state index contributed by atoms with van der Waals surface area (Å²) in [6.45, 7) is 6.02. The largest absolute Gasteiger partial charge is 0.459 e. The summed E-state index contributed by atoms with van der Waals surface area (Å²) in [5, 5.41) is 16.4. The zero-order valence-electron chi connectivity index (χ0n) is 20.6. The van der Waals surface area contributed by atoms with Crippen LogP contribution in [-0.2, 0) is 22.6 Å². The number of carbonyl (C=O) groups excluding carboxylic acids is 2. The van der Waals surface area contributed by atoms with Gasteiger partial charge in [-0.25, -0.2) is 4.98 Å². The molecule has 0 spiro atoms. The van der Waals surface area contributed by atoms with Gasteiger partial charge in [0.2, 0.25) is 5.91 Å². The fraction of sp³-hybridized carbons (Fsp3) is 0.370. The Morgan fingerprint density at radius 1 is 1.31 bits per heavy atom. The SMILES string of the molecule is CC(C)CCc1c(CN(C)C(=O)/C=C/c2cnc3c(c2)N[C@](C)(CO)C(=O)N3)oc2ccccc12. The van der Waals surface area contributed by atoms with Crippen LogP contribution < -0.4 is 10.6 Å². The number of fused-ring (bicyclic) bond motifs is 2. The lowest BCUT2D eigenvalue weighted by Gasteiger charge is -2.33. The fourth-order valence-corrected chi connectivity index (χ4v) is 4.05. The number of nitrogens with one attached hydrogen (secondary N) is 2. The maximum atomic E-state index is 12.9. The predicted octanol–water partition coefficient (Wildman–Crippen LogP) is 4.20. The number of anilines is 2. The lowest BCUT2D eigenvalue weighted by Crippen LogP contribution is -2.53. The highest BCUT2D eigenvalue weighted by Crippen LogP contribution is 2.31. The Bertz CT molecular complexity index is 1280. The van der Waals surface area contributed by atoms with Crippen LogP contribution in [0.2, 0.25) is 0 Å². The Hall–Kier alpha value is -3.65. The Morgan fingerprint density at radius 2 is 2.09 bits per heavy atom. The van der Waals surface area contributed by atoms with Crippen molar-refractivity contribution in [2.45, 2.75) is 45.7 Å². The van der Waals surface area contributed by atoms with E-state index in [0.717, 1.165) is 35.1 Å². The first-order valence-electron chi connectivity index (χ1n) is 11.8. The molecule has 2 amide bonds. The monoisotopic (exact) mass is 476 g/mol. The average molecular weight is 477 g/mol. The van der Waals surface area contributed by atoms with Crippen LogP contribution >= 0.6 is 0 Å². The van der Waals surface area contributed by atoms with Crippen LogP contribution in [0.3, 0.4) is 0 Å². The molecular formula is C27H32N4O4. The van der Waals surface area contributed by atoms with E-state index in [1.54, 1.807) is 37.2 Å². The normalized spacial score (nSPS) is 17.5. The van der Waals surface area contributed by atoms with Gasteiger partial charge in [0.05, 0.1) is 18.8 Å². The van der Waals surface area contributed by atoms with Crippen LogP contribution in [0.4, 0.5) is 11.5 Å². The van der Waals surface area contributed by atoms with Crippen molar-refractivity contribution in [3.8, 4) is 0 Å². The number of aromatic nitrogens is 1. The molecule has 0 radical (unpaired) electrons. The molecule has 8 heteroatoms. The van der Waals surface area contributed by atoms with Gasteiger partial charge in [-0.3, -0.25) is 9.59 Å². The first-order valence-corrected chi connectivity index (χ1v) is 11.8. The molecule has 2 aromatic heterocycles. The molecular weight excluding hydrogens is 444 g/mol. The molecule has 1 atom stereocenters. The Labute approximate surface area is 205 Å². The lowest BCUT2D eigenvalue weighted by molar-refractivity contribution is -0.125. The van der Waals surface area contributed by atoms with Crippen molar-refractivity contribution in [3.05, 3.63) is 59.5 Å². The number of hydrogen-bond donors (Lipinski definition) is 3. The minimum Gasteiger partial charge on any atom is -0.459 e. The summed E-state index contributed by atoms with van der Waals surface area (Å²) < 4.78 is 6.12. The second kappa shape index (κ2) is 9.92. The van der Waals surface area contributed by atoms with Crippen LogP contribution in [0.1, 0.15) is 44.1 Å². The highest BCUT2D eigenvalue weighted by Gasteiger charge is 2.37. The van der Waals surface area contributed by atoms with Crippen molar-refractivity contribution >= 4 is 40.4 Å². The molecule has 3 aromatic rings. The summed E-state index contributed by atoms with van der Waals surface area (Å²) in [4.78, 5) is 30.9. The maximum Gasteiger partial charge on any atom is 0.253 e. The topological polar surface area (TPSA) is 108 Å². The van der Waals surface area contributed by atoms with Crippen LogP contribution in [0, 0.1) is 5.92 Å². The Morgan fingerprint density at radius 3 is 2.83 bits per heavy atom. The molecule has 184 valence electrons. The minimum absolute atomic E-state index is 0.167. The molecule has 35 heavy (non-hydrogen) atoms. The van der Waals surface area contributed by atoms with Gasteiger partial charge in [-0.15, -0.1) is 0 Å². The summed E-state index contributed by atoms with van der Waals surface area (Å²) in [6, 6.07) is 9.77. The molecule has 0 saturated heterocycles. The quantitative estimate of drug-likeness (QED) is 0.421. The van der Waals surface area contributed by atoms with Crippen LogP contribution in [0.5, 0.6) is 0 Å². The van der Waals surface area contributed by atoms with Gasteiger partial charge < -0.3 is 25.1 Å². The number of carbonyl (C=O) groups is 2. The molecule has 0 saturated carbocycles. The number of rotatable bonds is 8. The number of furan rings is 1. The second-order valence-electron chi connectivity index (χ2n) is 9.69. The third-order valence-corrected chi connectivity index (χ3v) is 6.30. The zero-order chi connectivity index (χ0) is 25.2. The van der Waals surface area contributed by atoms with Crippen molar-refractivity contribution in [1.82, 2.24) is 9.88 Å². The number of benzene rings is 1. The summed E-state index contributed by atoms with van der Waals surface area (Å²) in [6.07, 6.45) is 6.70. The molecule has 0 aliphatic carbocycles. The van der Waals surface area contributed by atoms with E-state index in [-0.39, 0.29) is 18.4 Å². The number of likely N-dealkylation sites (N-methyl/N-ethyl adjacent to an activating group) is 1. The molecule has 8 nitrogen and oxygen atoms in total. The molecule has 0 bridgehead atoms. The molecule has 3 N–H and O–H groups in total. The Kier molecular flexibility index (Phi) is 6.93. The van der Waals surface area contributed by atoms with Crippen LogP contribution in [0.15, 0.2) is 47.0 Å². The molecule has 0 fully saturated rings. The standard InChI is InChI=1S/C27H32N4O4/c1-17(2)9-11-20-19-7-5-6-8-22(19)35-23(20)15-31(4)24(33)12-10-18-13-21-25(28-14-18)29-26(34)27(3,16-32)30-21/h5-8,10,12-14,17,30,32H,9,11,15-16H2,1-4H3,(H,28,29,34)/b12-10+/t27-/m1/s1. The van der Waals surface area contributed by atoms with Gasteiger partial charge in [0.15, 0.2) is 5.82 Å². The molecule has 3 heterocycles. The molecule has 4 rings (SSSR count). The van der Waals surface area contributed by atoms with Gasteiger partial charge in [0.1, 0.15) is 16.9 Å².